The first-order valence-electron chi connectivity index (χ1n) is 22.4. The van der Waals surface area contributed by atoms with E-state index in [1.165, 1.54) is 12.1 Å². The molecule has 1 aliphatic carbocycles. The van der Waals surface area contributed by atoms with Crippen LogP contribution in [0.25, 0.3) is 11.0 Å². The van der Waals surface area contributed by atoms with Crippen LogP contribution in [0.2, 0.25) is 0 Å². The highest BCUT2D eigenvalue weighted by Gasteiger charge is 2.50. The third-order valence-electron chi connectivity index (χ3n) is 13.1. The molecule has 2 aromatic heterocycles. The molecule has 67 heavy (non-hydrogen) atoms. The van der Waals surface area contributed by atoms with Crippen molar-refractivity contribution in [2.75, 3.05) is 32.8 Å². The zero-order valence-electron chi connectivity index (χ0n) is 37.2. The number of piperidine rings is 1. The molecule has 3 saturated heterocycles. The summed E-state index contributed by atoms with van der Waals surface area (Å²) in [5.74, 6) is 0.974. The topological polar surface area (TPSA) is 407 Å². The number of halogens is 1. The zero-order chi connectivity index (χ0) is 48.9. The second-order valence-electron chi connectivity index (χ2n) is 17.8. The lowest BCUT2D eigenvalue weighted by atomic mass is 9.84. The first kappa shape index (κ1) is 53.1. The van der Waals surface area contributed by atoms with Gasteiger partial charge in [0, 0.05) is 66.8 Å². The Balaban J connectivity index is 0.000000201. The van der Waals surface area contributed by atoms with Gasteiger partial charge in [0.25, 0.3) is 5.56 Å². The van der Waals surface area contributed by atoms with Crippen molar-refractivity contribution in [3.63, 3.8) is 0 Å². The number of nitrogens with two attached hydrogens (primary N) is 5. The Labute approximate surface area is 386 Å². The standard InChI is InChI=1S/C23H27FN4O2.C18H37N5O9.H2O4S/c1-15-18(23(29)28-10-3-2-4-21(28)25-15)9-13-27-11-7-16(8-12-27)22-19-6-5-17(24)14-20(19)30-26-22;19-3-9-8(25)2-7(22)17(29-9)31-15-5(20)1-6(21)16(14(15)28)32-18-13(27)11(23)12(26)10(4-24)30-18;1-5(2,3)4/h5-6,14,16H,2-4,7-13H2,1H3;5-18,24-28H,1-4,19-23H2;(H2,1,2,3,4)/t;5-,6+,7+,8-,9+,10+,11-,12+,13+,14-,15+,16-,17+,18+;/m.0./s1. The summed E-state index contributed by atoms with van der Waals surface area (Å²) in [6.45, 7) is 5.06. The number of ether oxygens (including phenoxy) is 4. The van der Waals surface area contributed by atoms with Crippen LogP contribution in [0.5, 0.6) is 0 Å². The maximum atomic E-state index is 13.4. The van der Waals surface area contributed by atoms with E-state index in [1.807, 2.05) is 11.5 Å². The molecule has 0 spiro atoms. The highest BCUT2D eigenvalue weighted by molar-refractivity contribution is 7.79. The van der Waals surface area contributed by atoms with E-state index in [0.717, 1.165) is 92.9 Å². The number of hydrogen-bond donors (Lipinski definition) is 12. The first-order valence-corrected chi connectivity index (χ1v) is 23.8. The first-order chi connectivity index (χ1) is 31.7. The Bertz CT molecular complexity index is 2250. The molecule has 24 nitrogen and oxygen atoms in total. The third kappa shape index (κ3) is 13.2. The normalized spacial score (nSPS) is 34.1. The molecule has 14 atom stereocenters. The van der Waals surface area contributed by atoms with Gasteiger partial charge in [-0.1, -0.05) is 5.16 Å². The van der Waals surface area contributed by atoms with Gasteiger partial charge in [-0.25, -0.2) is 9.37 Å². The summed E-state index contributed by atoms with van der Waals surface area (Å²) in [7, 11) is -4.67. The predicted octanol–water partition coefficient (Wildman–Crippen LogP) is -3.36. The molecule has 8 rings (SSSR count). The smallest absolute Gasteiger partial charge is 0.394 e. The number of aryl methyl sites for hydroxylation is 2. The predicted molar refractivity (Wildman–Crippen MR) is 235 cm³/mol. The van der Waals surface area contributed by atoms with Crippen LogP contribution >= 0.6 is 0 Å². The van der Waals surface area contributed by atoms with Gasteiger partial charge in [0.1, 0.15) is 48.3 Å². The summed E-state index contributed by atoms with van der Waals surface area (Å²) in [6.07, 6.45) is -4.95. The van der Waals surface area contributed by atoms with Gasteiger partial charge >= 0.3 is 10.4 Å². The highest BCUT2D eigenvalue weighted by Crippen LogP contribution is 2.34. The fraction of sp³-hybridized carbons (Fsp3) is 0.732. The number of aromatic nitrogens is 3. The van der Waals surface area contributed by atoms with E-state index >= 15 is 0 Å². The maximum absolute atomic E-state index is 13.4. The monoisotopic (exact) mass is 975 g/mol. The van der Waals surface area contributed by atoms with Gasteiger partial charge in [-0.15, -0.1) is 0 Å². The van der Waals surface area contributed by atoms with Crippen LogP contribution in [0.1, 0.15) is 67.2 Å². The lowest BCUT2D eigenvalue weighted by Crippen LogP contribution is -2.68. The Hall–Kier alpha value is -3.23. The number of aliphatic hydroxyl groups excluding tert-OH is 5. The van der Waals surface area contributed by atoms with E-state index in [-0.39, 0.29) is 30.8 Å². The third-order valence-corrected chi connectivity index (χ3v) is 13.1. The van der Waals surface area contributed by atoms with Crippen molar-refractivity contribution in [1.29, 1.82) is 0 Å². The number of hydrogen-bond acceptors (Lipinski definition) is 21. The van der Waals surface area contributed by atoms with Crippen molar-refractivity contribution in [2.45, 2.75) is 156 Å². The molecular weight excluding hydrogens is 910 g/mol. The van der Waals surface area contributed by atoms with E-state index < -0.39 is 103 Å². The van der Waals surface area contributed by atoms with Crippen molar-refractivity contribution in [3.8, 4) is 0 Å². The highest BCUT2D eigenvalue weighted by atomic mass is 32.3. The van der Waals surface area contributed by atoms with Gasteiger partial charge in [0.2, 0.25) is 0 Å². The van der Waals surface area contributed by atoms with Crippen LogP contribution in [0.3, 0.4) is 0 Å². The average Bonchev–Trinajstić information content (AvgIpc) is 3.70. The summed E-state index contributed by atoms with van der Waals surface area (Å²) >= 11 is 0. The van der Waals surface area contributed by atoms with Crippen molar-refractivity contribution in [1.82, 2.24) is 19.6 Å². The fourth-order valence-electron chi connectivity index (χ4n) is 9.37. The summed E-state index contributed by atoms with van der Waals surface area (Å²) in [4.78, 5) is 20.1. The van der Waals surface area contributed by atoms with Gasteiger partial charge in [-0.05, 0) is 77.1 Å². The number of fused-ring (bicyclic) bond motifs is 2. The van der Waals surface area contributed by atoms with Crippen LogP contribution in [0.15, 0.2) is 27.5 Å². The largest absolute Gasteiger partial charge is 0.394 e. The van der Waals surface area contributed by atoms with Crippen LogP contribution in [0.4, 0.5) is 4.39 Å². The molecule has 4 aliphatic heterocycles. The van der Waals surface area contributed by atoms with E-state index in [0.29, 0.717) is 11.5 Å². The van der Waals surface area contributed by atoms with Crippen LogP contribution in [0, 0.1) is 12.7 Å². The lowest BCUT2D eigenvalue weighted by molar-refractivity contribution is -0.314. The van der Waals surface area contributed by atoms with Gasteiger partial charge in [-0.3, -0.25) is 18.5 Å². The van der Waals surface area contributed by atoms with Crippen LogP contribution in [-0.4, -0.2) is 181 Å². The summed E-state index contributed by atoms with van der Waals surface area (Å²) in [5.41, 5.74) is 33.2. The van der Waals surface area contributed by atoms with Crippen LogP contribution < -0.4 is 34.2 Å². The molecule has 0 bridgehead atoms. The van der Waals surface area contributed by atoms with E-state index in [9.17, 15) is 34.7 Å². The average molecular weight is 976 g/mol. The molecule has 378 valence electrons. The van der Waals surface area contributed by atoms with E-state index in [4.69, 9.17) is 74.6 Å². The molecule has 1 saturated carbocycles. The Kier molecular flexibility index (Phi) is 18.3. The van der Waals surface area contributed by atoms with Crippen molar-refractivity contribution >= 4 is 21.4 Å². The Morgan fingerprint density at radius 2 is 1.52 bits per heavy atom. The molecule has 0 unspecified atom stereocenters. The van der Waals surface area contributed by atoms with Crippen molar-refractivity contribution in [2.24, 2.45) is 28.7 Å². The molecule has 17 N–H and O–H groups in total. The molecule has 1 aromatic carbocycles. The second-order valence-corrected chi connectivity index (χ2v) is 18.7. The zero-order valence-corrected chi connectivity index (χ0v) is 38.0. The van der Waals surface area contributed by atoms with E-state index in [1.54, 1.807) is 6.07 Å². The molecular formula is C41H66FN9O15S. The Morgan fingerprint density at radius 1 is 0.881 bits per heavy atom. The summed E-state index contributed by atoms with van der Waals surface area (Å²) < 4.78 is 74.9. The number of benzene rings is 1. The minimum absolute atomic E-state index is 0.0542. The number of nitrogens with zero attached hydrogens (tertiary/aromatic N) is 4. The summed E-state index contributed by atoms with van der Waals surface area (Å²) in [5, 5.41) is 55.9. The minimum atomic E-state index is -4.67. The van der Waals surface area contributed by atoms with Gasteiger partial charge < -0.3 is 82.6 Å². The molecule has 0 amide bonds. The summed E-state index contributed by atoms with van der Waals surface area (Å²) in [6, 6.07) is 1.36. The minimum Gasteiger partial charge on any atom is -0.394 e. The maximum Gasteiger partial charge on any atom is 0.394 e. The van der Waals surface area contributed by atoms with Crippen molar-refractivity contribution in [3.05, 3.63) is 57.1 Å². The molecule has 26 heteroatoms. The van der Waals surface area contributed by atoms with Gasteiger partial charge in [-0.2, -0.15) is 8.42 Å². The van der Waals surface area contributed by atoms with Crippen LogP contribution in [-0.2, 0) is 48.7 Å². The van der Waals surface area contributed by atoms with Gasteiger partial charge in [0.05, 0.1) is 36.6 Å². The number of aliphatic hydroxyl groups is 5. The molecule has 5 aliphatic rings. The molecule has 3 aromatic rings. The quantitative estimate of drug-likeness (QED) is 0.0883. The molecule has 0 radical (unpaired) electrons. The number of likely N-dealkylation sites (tertiary alicyclic amines) is 1. The van der Waals surface area contributed by atoms with Gasteiger partial charge in [0.15, 0.2) is 18.2 Å². The Morgan fingerprint density at radius 3 is 2.16 bits per heavy atom. The lowest BCUT2D eigenvalue weighted by Gasteiger charge is -2.47. The number of rotatable bonds is 10. The van der Waals surface area contributed by atoms with E-state index in [2.05, 4.69) is 10.1 Å². The molecule has 6 heterocycles. The van der Waals surface area contributed by atoms with Crippen molar-refractivity contribution < 1.29 is 70.9 Å². The fourth-order valence-corrected chi connectivity index (χ4v) is 9.37. The molecule has 4 fully saturated rings. The SMILES string of the molecule is Cc1nc2n(c(=O)c1CCN1CCC(c3noc4cc(F)ccc34)CC1)CCCC2.NC[C@H]1O[C@H](O[C@H]2[C@H](O)[C@@H](O[C@H]3O[C@H](CO)[C@@H](O)[C@H](N)[C@H]3O)[C@H](N)C[C@@H]2N)[C@H](N)C[C@@H]1O.O=S(=O)(O)O. The second kappa shape index (κ2) is 23.1.